The van der Waals surface area contributed by atoms with Gasteiger partial charge < -0.3 is 20.1 Å². The first-order chi connectivity index (χ1) is 10.4. The van der Waals surface area contributed by atoms with Gasteiger partial charge in [-0.25, -0.2) is 0 Å². The standard InChI is InChI=1S/C16H25N3O3/c1-11-10-19(8-7-17-11)15(16(21)18(2)3)12-5-6-13(20)14(9-12)22-4/h5-6,9,11,15,17,20H,7-8,10H2,1-4H3. The summed E-state index contributed by atoms with van der Waals surface area (Å²) in [6, 6.07) is 5.08. The summed E-state index contributed by atoms with van der Waals surface area (Å²) >= 11 is 0. The molecular weight excluding hydrogens is 282 g/mol. The molecule has 122 valence electrons. The molecule has 1 aromatic carbocycles. The van der Waals surface area contributed by atoms with Gasteiger partial charge in [-0.2, -0.15) is 0 Å². The van der Waals surface area contributed by atoms with Gasteiger partial charge in [0.1, 0.15) is 6.04 Å². The number of benzene rings is 1. The molecule has 6 nitrogen and oxygen atoms in total. The summed E-state index contributed by atoms with van der Waals surface area (Å²) in [7, 11) is 5.03. The number of ether oxygens (including phenoxy) is 1. The van der Waals surface area contributed by atoms with E-state index in [4.69, 9.17) is 4.74 Å². The van der Waals surface area contributed by atoms with Crippen LogP contribution in [0.15, 0.2) is 18.2 Å². The second-order valence-electron chi connectivity index (χ2n) is 5.92. The Hall–Kier alpha value is -1.79. The van der Waals surface area contributed by atoms with Gasteiger partial charge in [0.2, 0.25) is 5.91 Å². The number of phenols is 1. The fraction of sp³-hybridized carbons (Fsp3) is 0.562. The van der Waals surface area contributed by atoms with E-state index in [0.29, 0.717) is 11.8 Å². The molecule has 0 aromatic heterocycles. The molecular formula is C16H25N3O3. The lowest BCUT2D eigenvalue weighted by Gasteiger charge is -2.38. The maximum atomic E-state index is 12.7. The zero-order chi connectivity index (χ0) is 16.3. The van der Waals surface area contributed by atoms with E-state index in [1.165, 1.54) is 7.11 Å². The molecule has 1 aliphatic heterocycles. The van der Waals surface area contributed by atoms with Crippen LogP contribution in [0.2, 0.25) is 0 Å². The van der Waals surface area contributed by atoms with Crippen LogP contribution in [0.25, 0.3) is 0 Å². The van der Waals surface area contributed by atoms with Gasteiger partial charge in [-0.05, 0) is 24.6 Å². The molecule has 2 atom stereocenters. The minimum atomic E-state index is -0.367. The van der Waals surface area contributed by atoms with Crippen LogP contribution in [0, 0.1) is 0 Å². The van der Waals surface area contributed by atoms with Crippen molar-refractivity contribution in [2.24, 2.45) is 0 Å². The third kappa shape index (κ3) is 3.51. The van der Waals surface area contributed by atoms with Crippen LogP contribution in [-0.4, -0.2) is 67.7 Å². The Morgan fingerprint density at radius 1 is 1.50 bits per heavy atom. The number of carbonyl (C=O) groups is 1. The third-order valence-corrected chi connectivity index (χ3v) is 3.96. The SMILES string of the molecule is COc1cc(C(C(=O)N(C)C)N2CCNC(C)C2)ccc1O. The highest BCUT2D eigenvalue weighted by Crippen LogP contribution is 2.32. The summed E-state index contributed by atoms with van der Waals surface area (Å²) < 4.78 is 5.18. The first-order valence-corrected chi connectivity index (χ1v) is 7.49. The van der Waals surface area contributed by atoms with E-state index in [0.717, 1.165) is 25.2 Å². The number of amides is 1. The van der Waals surface area contributed by atoms with Crippen molar-refractivity contribution in [3.8, 4) is 11.5 Å². The summed E-state index contributed by atoms with van der Waals surface area (Å²) in [6.07, 6.45) is 0. The molecule has 1 saturated heterocycles. The van der Waals surface area contributed by atoms with Gasteiger partial charge in [0.25, 0.3) is 0 Å². The smallest absolute Gasteiger partial charge is 0.244 e. The molecule has 0 saturated carbocycles. The number of nitrogens with one attached hydrogen (secondary N) is 1. The first kappa shape index (κ1) is 16.6. The van der Waals surface area contributed by atoms with Crippen LogP contribution in [0.3, 0.4) is 0 Å². The van der Waals surface area contributed by atoms with Crippen molar-refractivity contribution in [2.45, 2.75) is 19.0 Å². The number of hydrogen-bond acceptors (Lipinski definition) is 5. The average molecular weight is 307 g/mol. The number of rotatable bonds is 4. The van der Waals surface area contributed by atoms with E-state index in [2.05, 4.69) is 17.1 Å². The van der Waals surface area contributed by atoms with E-state index in [-0.39, 0.29) is 17.7 Å². The second-order valence-corrected chi connectivity index (χ2v) is 5.92. The van der Waals surface area contributed by atoms with Crippen LogP contribution in [0.1, 0.15) is 18.5 Å². The number of carbonyl (C=O) groups excluding carboxylic acids is 1. The molecule has 0 radical (unpaired) electrons. The molecule has 2 unspecified atom stereocenters. The van der Waals surface area contributed by atoms with E-state index in [1.807, 2.05) is 0 Å². The highest BCUT2D eigenvalue weighted by molar-refractivity contribution is 5.83. The van der Waals surface area contributed by atoms with E-state index in [1.54, 1.807) is 37.2 Å². The molecule has 2 rings (SSSR count). The molecule has 0 bridgehead atoms. The van der Waals surface area contributed by atoms with Crippen molar-refractivity contribution < 1.29 is 14.6 Å². The van der Waals surface area contributed by atoms with Gasteiger partial charge in [0, 0.05) is 39.8 Å². The second kappa shape index (κ2) is 6.98. The molecule has 1 aliphatic rings. The maximum absolute atomic E-state index is 12.7. The highest BCUT2D eigenvalue weighted by atomic mass is 16.5. The van der Waals surface area contributed by atoms with E-state index in [9.17, 15) is 9.90 Å². The van der Waals surface area contributed by atoms with E-state index >= 15 is 0 Å². The lowest BCUT2D eigenvalue weighted by atomic mass is 10.0. The van der Waals surface area contributed by atoms with Crippen molar-refractivity contribution in [1.82, 2.24) is 15.1 Å². The minimum absolute atomic E-state index is 0.0295. The molecule has 2 N–H and O–H groups in total. The highest BCUT2D eigenvalue weighted by Gasteiger charge is 2.32. The Bertz CT molecular complexity index is 533. The van der Waals surface area contributed by atoms with Gasteiger partial charge in [0.15, 0.2) is 11.5 Å². The van der Waals surface area contributed by atoms with Crippen molar-refractivity contribution in [1.29, 1.82) is 0 Å². The van der Waals surface area contributed by atoms with Gasteiger partial charge in [-0.3, -0.25) is 9.69 Å². The topological polar surface area (TPSA) is 65.0 Å². The molecule has 1 aromatic rings. The Morgan fingerprint density at radius 2 is 2.23 bits per heavy atom. The Balaban J connectivity index is 2.37. The summed E-state index contributed by atoms with van der Waals surface area (Å²) in [4.78, 5) is 16.5. The lowest BCUT2D eigenvalue weighted by Crippen LogP contribution is -2.53. The fourth-order valence-corrected chi connectivity index (χ4v) is 2.82. The molecule has 0 aliphatic carbocycles. The number of nitrogens with zero attached hydrogens (tertiary/aromatic N) is 2. The van der Waals surface area contributed by atoms with Gasteiger partial charge >= 0.3 is 0 Å². The predicted molar refractivity (Wildman–Crippen MR) is 85.1 cm³/mol. The first-order valence-electron chi connectivity index (χ1n) is 7.49. The van der Waals surface area contributed by atoms with Crippen molar-refractivity contribution in [2.75, 3.05) is 40.8 Å². The summed E-state index contributed by atoms with van der Waals surface area (Å²) in [6.45, 7) is 4.57. The van der Waals surface area contributed by atoms with Crippen molar-refractivity contribution in [3.05, 3.63) is 23.8 Å². The van der Waals surface area contributed by atoms with E-state index < -0.39 is 0 Å². The number of hydrogen-bond donors (Lipinski definition) is 2. The quantitative estimate of drug-likeness (QED) is 0.862. The minimum Gasteiger partial charge on any atom is -0.504 e. The molecule has 1 amide bonds. The van der Waals surface area contributed by atoms with Crippen LogP contribution >= 0.6 is 0 Å². The maximum Gasteiger partial charge on any atom is 0.244 e. The lowest BCUT2D eigenvalue weighted by molar-refractivity contribution is -0.135. The van der Waals surface area contributed by atoms with Gasteiger partial charge in [-0.15, -0.1) is 0 Å². The Morgan fingerprint density at radius 3 is 2.82 bits per heavy atom. The summed E-state index contributed by atoms with van der Waals surface area (Å²) in [5.74, 6) is 0.495. The zero-order valence-electron chi connectivity index (χ0n) is 13.7. The van der Waals surface area contributed by atoms with Gasteiger partial charge in [0.05, 0.1) is 7.11 Å². The Kier molecular flexibility index (Phi) is 5.26. The van der Waals surface area contributed by atoms with Crippen molar-refractivity contribution in [3.63, 3.8) is 0 Å². The zero-order valence-corrected chi connectivity index (χ0v) is 13.7. The van der Waals surface area contributed by atoms with Crippen LogP contribution in [0.4, 0.5) is 0 Å². The fourth-order valence-electron chi connectivity index (χ4n) is 2.82. The normalized spacial score (nSPS) is 20.5. The van der Waals surface area contributed by atoms with Crippen LogP contribution < -0.4 is 10.1 Å². The molecule has 0 spiro atoms. The van der Waals surface area contributed by atoms with Crippen molar-refractivity contribution >= 4 is 5.91 Å². The summed E-state index contributed by atoms with van der Waals surface area (Å²) in [5.41, 5.74) is 0.836. The van der Waals surface area contributed by atoms with Crippen LogP contribution in [0.5, 0.6) is 11.5 Å². The summed E-state index contributed by atoms with van der Waals surface area (Å²) in [5, 5.41) is 13.2. The molecule has 22 heavy (non-hydrogen) atoms. The number of likely N-dealkylation sites (N-methyl/N-ethyl adjacent to an activating group) is 1. The largest absolute Gasteiger partial charge is 0.504 e. The monoisotopic (exact) mass is 307 g/mol. The predicted octanol–water partition coefficient (Wildman–Crippen LogP) is 0.824. The molecule has 6 heteroatoms. The average Bonchev–Trinajstić information content (AvgIpc) is 2.49. The van der Waals surface area contributed by atoms with Gasteiger partial charge in [-0.1, -0.05) is 6.07 Å². The number of methoxy groups -OCH3 is 1. The third-order valence-electron chi connectivity index (χ3n) is 3.96. The number of piperazine rings is 1. The van der Waals surface area contributed by atoms with Crippen LogP contribution in [-0.2, 0) is 4.79 Å². The number of phenolic OH excluding ortho intramolecular Hbond substituents is 1. The Labute approximate surface area is 131 Å². The molecule has 1 fully saturated rings. The molecule has 1 heterocycles. The number of aromatic hydroxyl groups is 1.